The number of ether oxygens (including phenoxy) is 1. The molecule has 0 fully saturated rings. The van der Waals surface area contributed by atoms with E-state index in [1.807, 2.05) is 12.1 Å². The Morgan fingerprint density at radius 3 is 1.51 bits per heavy atom. The first-order chi connectivity index (χ1) is 35.3. The lowest BCUT2D eigenvalue weighted by atomic mass is 10.0. The van der Waals surface area contributed by atoms with Crippen molar-refractivity contribution < 1.29 is 45.7 Å². The number of sulfonamides is 2. The standard InChI is InChI=1S/C32H33FN4O4S.C24H28FN3O4S/c1-21-31(41-20-22-10-13-25(34-5)14-11-22)27(24(19-38)17-35-21)18-36-29-15-12-23(16-28(29)33)26-8-6-7-9-30(26)42(39,40)37-32(2,3)4;1-15-23(30)19(17(14-29)12-26-15)13-27-21-10-9-16(11-20(21)25)18-7-5-6-8-22(18)33(31,32)28-24(2,3)4/h6-17,36-38H,18-20H2,1-4H3;5-12,27-30H,13-14H2,1-4H3. The van der Waals surface area contributed by atoms with Gasteiger partial charge < -0.3 is 30.7 Å². The molecule has 394 valence electrons. The quantitative estimate of drug-likeness (QED) is 0.0424. The molecule has 0 aliphatic rings. The van der Waals surface area contributed by atoms with Gasteiger partial charge in [-0.05, 0) is 108 Å². The molecule has 0 radical (unpaired) electrons. The summed E-state index contributed by atoms with van der Waals surface area (Å²) in [5, 5.41) is 35.7. The lowest BCUT2D eigenvalue weighted by Gasteiger charge is -2.22. The fourth-order valence-electron chi connectivity index (χ4n) is 7.85. The Morgan fingerprint density at radius 2 is 1.07 bits per heavy atom. The summed E-state index contributed by atoms with van der Waals surface area (Å²) in [6.45, 7) is 20.9. The van der Waals surface area contributed by atoms with Gasteiger partial charge in [-0.2, -0.15) is 0 Å². The molecule has 5 aromatic carbocycles. The van der Waals surface area contributed by atoms with E-state index in [9.17, 15) is 36.5 Å². The van der Waals surface area contributed by atoms with Gasteiger partial charge in [0.25, 0.3) is 0 Å². The van der Waals surface area contributed by atoms with Crippen LogP contribution in [0, 0.1) is 32.1 Å². The monoisotopic (exact) mass is 1060 g/mol. The van der Waals surface area contributed by atoms with Crippen LogP contribution in [-0.2, 0) is 53.0 Å². The maximum absolute atomic E-state index is 15.4. The predicted molar refractivity (Wildman–Crippen MR) is 287 cm³/mol. The van der Waals surface area contributed by atoms with E-state index in [0.29, 0.717) is 67.3 Å². The summed E-state index contributed by atoms with van der Waals surface area (Å²) in [5.74, 6) is -0.733. The van der Waals surface area contributed by atoms with Crippen molar-refractivity contribution in [1.29, 1.82) is 0 Å². The van der Waals surface area contributed by atoms with Crippen molar-refractivity contribution in [2.24, 2.45) is 0 Å². The maximum atomic E-state index is 15.4. The third-order valence-electron chi connectivity index (χ3n) is 11.3. The van der Waals surface area contributed by atoms with E-state index in [-0.39, 0.29) is 59.8 Å². The second-order valence-corrected chi connectivity index (χ2v) is 22.9. The summed E-state index contributed by atoms with van der Waals surface area (Å²) >= 11 is 0. The number of aromatic hydroxyl groups is 1. The molecular formula is C56H61F2N7O8S2. The molecule has 0 amide bonds. The van der Waals surface area contributed by atoms with Crippen molar-refractivity contribution in [1.82, 2.24) is 19.4 Å². The second-order valence-electron chi connectivity index (χ2n) is 19.6. The van der Waals surface area contributed by atoms with Crippen LogP contribution in [0.3, 0.4) is 0 Å². The molecular weight excluding hydrogens is 1000 g/mol. The van der Waals surface area contributed by atoms with Gasteiger partial charge in [-0.25, -0.2) is 39.9 Å². The molecule has 0 aliphatic carbocycles. The molecule has 75 heavy (non-hydrogen) atoms. The SMILES string of the molecule is Cc1ncc(CO)c(CNc2ccc(-c3ccccc3S(=O)(=O)NC(C)(C)C)cc2F)c1O.[C-]#[N+]c1ccc(COc2c(C)ncc(CO)c2CNc2ccc(-c3ccccc3S(=O)(=O)NC(C)(C)C)cc2F)cc1. The van der Waals surface area contributed by atoms with Crippen LogP contribution < -0.4 is 24.8 Å². The first-order valence-corrected chi connectivity index (χ1v) is 26.6. The minimum absolute atomic E-state index is 0.0587. The van der Waals surface area contributed by atoms with Crippen molar-refractivity contribution in [2.45, 2.75) is 109 Å². The number of aliphatic hydroxyl groups excluding tert-OH is 2. The Balaban J connectivity index is 0.000000251. The highest BCUT2D eigenvalue weighted by molar-refractivity contribution is 7.90. The molecule has 0 unspecified atom stereocenters. The Hall–Kier alpha value is -7.31. The first-order valence-electron chi connectivity index (χ1n) is 23.6. The summed E-state index contributed by atoms with van der Waals surface area (Å²) in [5.41, 5.74) is 5.04. The zero-order valence-corrected chi connectivity index (χ0v) is 44.5. The van der Waals surface area contributed by atoms with E-state index in [1.165, 1.54) is 36.5 Å². The highest BCUT2D eigenvalue weighted by atomic mass is 32.2. The van der Waals surface area contributed by atoms with Gasteiger partial charge in [0.05, 0.1) is 52.3 Å². The highest BCUT2D eigenvalue weighted by Gasteiger charge is 2.27. The number of aryl methyl sites for hydroxylation is 2. The number of anilines is 2. The average molecular weight is 1060 g/mol. The number of aliphatic hydroxyl groups is 2. The average Bonchev–Trinajstić information content (AvgIpc) is 3.35. The van der Waals surface area contributed by atoms with E-state index >= 15 is 4.39 Å². The molecule has 0 atom stereocenters. The molecule has 19 heteroatoms. The van der Waals surface area contributed by atoms with Crippen molar-refractivity contribution in [3.05, 3.63) is 184 Å². The largest absolute Gasteiger partial charge is 0.506 e. The smallest absolute Gasteiger partial charge is 0.241 e. The van der Waals surface area contributed by atoms with Gasteiger partial charge in [0, 0.05) is 69.9 Å². The zero-order chi connectivity index (χ0) is 54.9. The Kier molecular flexibility index (Phi) is 18.2. The van der Waals surface area contributed by atoms with E-state index in [4.69, 9.17) is 11.3 Å². The number of halogens is 2. The summed E-state index contributed by atoms with van der Waals surface area (Å²) in [6.07, 6.45) is 3.03. The number of pyridine rings is 2. The Morgan fingerprint density at radius 1 is 0.627 bits per heavy atom. The van der Waals surface area contributed by atoms with Gasteiger partial charge in [0.1, 0.15) is 29.7 Å². The molecule has 0 aliphatic heterocycles. The summed E-state index contributed by atoms with van der Waals surface area (Å²) < 4.78 is 93.7. The zero-order valence-electron chi connectivity index (χ0n) is 42.9. The molecule has 0 bridgehead atoms. The van der Waals surface area contributed by atoms with Gasteiger partial charge in [-0.1, -0.05) is 72.8 Å². The third kappa shape index (κ3) is 14.7. The van der Waals surface area contributed by atoms with Crippen LogP contribution in [0.1, 0.15) is 80.7 Å². The van der Waals surface area contributed by atoms with E-state index < -0.39 is 42.8 Å². The van der Waals surface area contributed by atoms with Crippen LogP contribution in [0.2, 0.25) is 0 Å². The lowest BCUT2D eigenvalue weighted by molar-refractivity contribution is 0.273. The molecule has 0 spiro atoms. The molecule has 2 aromatic heterocycles. The van der Waals surface area contributed by atoms with Gasteiger partial charge in [-0.15, -0.1) is 0 Å². The fourth-order valence-corrected chi connectivity index (χ4v) is 11.1. The van der Waals surface area contributed by atoms with Crippen molar-refractivity contribution >= 4 is 37.1 Å². The van der Waals surface area contributed by atoms with Crippen LogP contribution in [0.15, 0.2) is 131 Å². The van der Waals surface area contributed by atoms with Gasteiger partial charge in [0.15, 0.2) is 5.69 Å². The van der Waals surface area contributed by atoms with Gasteiger partial charge >= 0.3 is 0 Å². The molecule has 7 aromatic rings. The van der Waals surface area contributed by atoms with Gasteiger partial charge in [-0.3, -0.25) is 9.97 Å². The summed E-state index contributed by atoms with van der Waals surface area (Å²) in [6, 6.07) is 28.9. The van der Waals surface area contributed by atoms with Crippen LogP contribution in [-0.4, -0.2) is 53.2 Å². The maximum Gasteiger partial charge on any atom is 0.241 e. The minimum atomic E-state index is -3.86. The van der Waals surface area contributed by atoms with Crippen LogP contribution in [0.5, 0.6) is 11.5 Å². The molecule has 7 N–H and O–H groups in total. The summed E-state index contributed by atoms with van der Waals surface area (Å²) in [7, 11) is -7.68. The van der Waals surface area contributed by atoms with Crippen LogP contribution in [0.25, 0.3) is 27.1 Å². The molecule has 0 saturated heterocycles. The van der Waals surface area contributed by atoms with Crippen LogP contribution >= 0.6 is 0 Å². The first kappa shape index (κ1) is 57.0. The van der Waals surface area contributed by atoms with Crippen molar-refractivity contribution in [2.75, 3.05) is 10.6 Å². The number of nitrogens with zero attached hydrogens (tertiary/aromatic N) is 3. The number of benzene rings is 5. The fraction of sp³-hybridized carbons (Fsp3) is 0.268. The van der Waals surface area contributed by atoms with Gasteiger partial charge in [0.2, 0.25) is 20.0 Å². The minimum Gasteiger partial charge on any atom is -0.506 e. The topological polar surface area (TPSA) is 216 Å². The van der Waals surface area contributed by atoms with Crippen molar-refractivity contribution in [3.8, 4) is 33.8 Å². The number of aromatic nitrogens is 2. The predicted octanol–water partition coefficient (Wildman–Crippen LogP) is 10.6. The number of rotatable bonds is 17. The normalized spacial score (nSPS) is 11.8. The highest BCUT2D eigenvalue weighted by Crippen LogP contribution is 2.34. The Labute approximate surface area is 437 Å². The summed E-state index contributed by atoms with van der Waals surface area (Å²) in [4.78, 5) is 11.9. The molecule has 0 saturated carbocycles. The van der Waals surface area contributed by atoms with E-state index in [1.54, 1.807) is 128 Å². The molecule has 7 rings (SSSR count). The van der Waals surface area contributed by atoms with E-state index in [0.717, 1.165) is 5.56 Å². The van der Waals surface area contributed by atoms with E-state index in [2.05, 4.69) is 34.9 Å². The number of hydrogen-bond acceptors (Lipinski definition) is 12. The molecule has 15 nitrogen and oxygen atoms in total. The third-order valence-corrected chi connectivity index (χ3v) is 15.0. The number of hydrogen-bond donors (Lipinski definition) is 7. The Bertz CT molecular complexity index is 3450. The van der Waals surface area contributed by atoms with Crippen LogP contribution in [0.4, 0.5) is 25.8 Å². The number of nitrogens with one attached hydrogen (secondary N) is 4. The van der Waals surface area contributed by atoms with Crippen molar-refractivity contribution in [3.63, 3.8) is 0 Å². The molecule has 2 heterocycles. The second kappa shape index (κ2) is 23.9. The lowest BCUT2D eigenvalue weighted by Crippen LogP contribution is -2.40.